The molecule has 0 bridgehead atoms. The lowest BCUT2D eigenvalue weighted by molar-refractivity contribution is -0.385. The average Bonchev–Trinajstić information content (AvgIpc) is 2.79. The first-order valence-electron chi connectivity index (χ1n) is 7.31. The Labute approximate surface area is 140 Å². The monoisotopic (exact) mass is 357 g/mol. The van der Waals surface area contributed by atoms with E-state index in [4.69, 9.17) is 4.74 Å². The average molecular weight is 357 g/mol. The third-order valence-corrected chi connectivity index (χ3v) is 5.14. The van der Waals surface area contributed by atoms with Crippen molar-refractivity contribution in [2.45, 2.75) is 6.42 Å². The standard InChI is InChI=1S/C14H19N3O6S/c1-23-13-5-4-11(10-12(13)17(19)20)14(18)15-6-3-7-16(9-8-15)24(2,21)22/h4-5,10H,3,6-9H2,1-2H3. The Hall–Kier alpha value is -2.20. The highest BCUT2D eigenvalue weighted by Gasteiger charge is 2.26. The number of carbonyl (C=O) groups excluding carboxylic acids is 1. The fourth-order valence-electron chi connectivity index (χ4n) is 2.58. The second-order valence-corrected chi connectivity index (χ2v) is 7.43. The maximum Gasteiger partial charge on any atom is 0.311 e. The Morgan fingerprint density at radius 1 is 1.25 bits per heavy atom. The van der Waals surface area contributed by atoms with E-state index in [1.54, 1.807) is 0 Å². The number of hydrogen-bond acceptors (Lipinski definition) is 6. The molecule has 1 aliphatic rings. The fraction of sp³-hybridized carbons (Fsp3) is 0.500. The molecule has 0 aliphatic carbocycles. The van der Waals surface area contributed by atoms with Crippen LogP contribution < -0.4 is 4.74 Å². The van der Waals surface area contributed by atoms with Crippen LogP contribution in [0.15, 0.2) is 18.2 Å². The number of methoxy groups -OCH3 is 1. The largest absolute Gasteiger partial charge is 0.490 e. The number of nitro benzene ring substituents is 1. The third kappa shape index (κ3) is 4.01. The molecular weight excluding hydrogens is 338 g/mol. The highest BCUT2D eigenvalue weighted by molar-refractivity contribution is 7.88. The van der Waals surface area contributed by atoms with Crippen LogP contribution in [0.2, 0.25) is 0 Å². The summed E-state index contributed by atoms with van der Waals surface area (Å²) in [5, 5.41) is 11.1. The summed E-state index contributed by atoms with van der Waals surface area (Å²) in [6.45, 7) is 1.20. The van der Waals surface area contributed by atoms with E-state index in [1.807, 2.05) is 0 Å². The van der Waals surface area contributed by atoms with Crippen LogP contribution in [0.3, 0.4) is 0 Å². The summed E-state index contributed by atoms with van der Waals surface area (Å²) in [4.78, 5) is 24.5. The van der Waals surface area contributed by atoms with E-state index in [9.17, 15) is 23.3 Å². The van der Waals surface area contributed by atoms with Crippen LogP contribution in [0, 0.1) is 10.1 Å². The molecule has 0 atom stereocenters. The molecule has 10 heteroatoms. The van der Waals surface area contributed by atoms with Gasteiger partial charge in [-0.3, -0.25) is 14.9 Å². The summed E-state index contributed by atoms with van der Waals surface area (Å²) in [7, 11) is -1.98. The van der Waals surface area contributed by atoms with E-state index >= 15 is 0 Å². The quantitative estimate of drug-likeness (QED) is 0.580. The first-order valence-corrected chi connectivity index (χ1v) is 9.15. The van der Waals surface area contributed by atoms with Crippen LogP contribution in [-0.2, 0) is 10.0 Å². The maximum atomic E-state index is 12.6. The minimum Gasteiger partial charge on any atom is -0.490 e. The van der Waals surface area contributed by atoms with Gasteiger partial charge in [-0.2, -0.15) is 0 Å². The second kappa shape index (κ2) is 7.14. The normalized spacial score (nSPS) is 16.5. The molecule has 1 aromatic rings. The van der Waals surface area contributed by atoms with E-state index in [2.05, 4.69) is 0 Å². The van der Waals surface area contributed by atoms with Crippen molar-refractivity contribution in [3.8, 4) is 5.75 Å². The van der Waals surface area contributed by atoms with Crippen molar-refractivity contribution in [1.29, 1.82) is 0 Å². The van der Waals surface area contributed by atoms with E-state index in [0.29, 0.717) is 19.5 Å². The van der Waals surface area contributed by atoms with Crippen molar-refractivity contribution in [2.24, 2.45) is 0 Å². The fourth-order valence-corrected chi connectivity index (χ4v) is 3.45. The van der Waals surface area contributed by atoms with Gasteiger partial charge in [0, 0.05) is 37.8 Å². The molecule has 132 valence electrons. The van der Waals surface area contributed by atoms with Gasteiger partial charge in [-0.1, -0.05) is 0 Å². The summed E-state index contributed by atoms with van der Waals surface area (Å²) in [5.74, 6) is -0.285. The lowest BCUT2D eigenvalue weighted by atomic mass is 10.1. The molecule has 1 aromatic carbocycles. The van der Waals surface area contributed by atoms with E-state index in [0.717, 1.165) is 6.26 Å². The SMILES string of the molecule is COc1ccc(C(=O)N2CCCN(S(C)(=O)=O)CC2)cc1[N+](=O)[O-]. The molecule has 2 rings (SSSR count). The first kappa shape index (κ1) is 18.1. The minimum atomic E-state index is -3.30. The number of nitro groups is 1. The number of sulfonamides is 1. The number of nitrogens with zero attached hydrogens (tertiary/aromatic N) is 3. The zero-order valence-corrected chi connectivity index (χ0v) is 14.3. The van der Waals surface area contributed by atoms with Crippen molar-refractivity contribution < 1.29 is 22.9 Å². The highest BCUT2D eigenvalue weighted by atomic mass is 32.2. The van der Waals surface area contributed by atoms with Crippen LogP contribution >= 0.6 is 0 Å². The first-order chi connectivity index (χ1) is 11.2. The number of carbonyl (C=O) groups is 1. The van der Waals surface area contributed by atoms with Crippen molar-refractivity contribution in [3.63, 3.8) is 0 Å². The molecule has 24 heavy (non-hydrogen) atoms. The molecule has 1 fully saturated rings. The van der Waals surface area contributed by atoms with Gasteiger partial charge in [0.2, 0.25) is 10.0 Å². The van der Waals surface area contributed by atoms with E-state index < -0.39 is 14.9 Å². The Balaban J connectivity index is 2.20. The lowest BCUT2D eigenvalue weighted by Gasteiger charge is -2.21. The summed E-state index contributed by atoms with van der Waals surface area (Å²) < 4.78 is 29.5. The Bertz CT molecular complexity index is 749. The van der Waals surface area contributed by atoms with E-state index in [-0.39, 0.29) is 36.0 Å². The van der Waals surface area contributed by atoms with Gasteiger partial charge in [-0.25, -0.2) is 12.7 Å². The van der Waals surface area contributed by atoms with Crippen LogP contribution in [0.25, 0.3) is 0 Å². The van der Waals surface area contributed by atoms with Crippen molar-refractivity contribution in [2.75, 3.05) is 39.5 Å². The Morgan fingerprint density at radius 3 is 2.54 bits per heavy atom. The molecule has 1 amide bonds. The zero-order valence-electron chi connectivity index (χ0n) is 13.5. The predicted octanol–water partition coefficient (Wildman–Crippen LogP) is 0.711. The van der Waals surface area contributed by atoms with Crippen LogP contribution in [0.1, 0.15) is 16.8 Å². The van der Waals surface area contributed by atoms with Gasteiger partial charge >= 0.3 is 5.69 Å². The molecule has 0 saturated carbocycles. The van der Waals surface area contributed by atoms with Crippen LogP contribution in [0.5, 0.6) is 5.75 Å². The molecule has 1 saturated heterocycles. The molecule has 0 N–H and O–H groups in total. The second-order valence-electron chi connectivity index (χ2n) is 5.45. The summed E-state index contributed by atoms with van der Waals surface area (Å²) in [5.41, 5.74) is -0.105. The zero-order chi connectivity index (χ0) is 17.9. The summed E-state index contributed by atoms with van der Waals surface area (Å²) in [6, 6.07) is 4.03. The third-order valence-electron chi connectivity index (χ3n) is 3.83. The van der Waals surface area contributed by atoms with Gasteiger partial charge in [-0.05, 0) is 18.6 Å². The molecule has 1 heterocycles. The van der Waals surface area contributed by atoms with Crippen molar-refractivity contribution >= 4 is 21.6 Å². The van der Waals surface area contributed by atoms with Gasteiger partial charge < -0.3 is 9.64 Å². The Kier molecular flexibility index (Phi) is 5.40. The van der Waals surface area contributed by atoms with E-state index in [1.165, 1.54) is 34.5 Å². The molecule has 9 nitrogen and oxygen atoms in total. The van der Waals surface area contributed by atoms with Gasteiger partial charge in [0.05, 0.1) is 18.3 Å². The number of ether oxygens (including phenoxy) is 1. The van der Waals surface area contributed by atoms with Gasteiger partial charge in [-0.15, -0.1) is 0 Å². The molecule has 1 aliphatic heterocycles. The Morgan fingerprint density at radius 2 is 1.96 bits per heavy atom. The summed E-state index contributed by atoms with van der Waals surface area (Å²) in [6.07, 6.45) is 1.65. The molecule has 0 radical (unpaired) electrons. The molecular formula is C14H19N3O6S. The van der Waals surface area contributed by atoms with Gasteiger partial charge in [0.1, 0.15) is 0 Å². The minimum absolute atomic E-state index is 0.0793. The smallest absolute Gasteiger partial charge is 0.311 e. The highest BCUT2D eigenvalue weighted by Crippen LogP contribution is 2.28. The van der Waals surface area contributed by atoms with Crippen molar-refractivity contribution in [1.82, 2.24) is 9.21 Å². The van der Waals surface area contributed by atoms with Crippen LogP contribution in [-0.4, -0.2) is 68.0 Å². The van der Waals surface area contributed by atoms with Gasteiger partial charge in [0.15, 0.2) is 5.75 Å². The van der Waals surface area contributed by atoms with Crippen LogP contribution in [0.4, 0.5) is 5.69 Å². The maximum absolute atomic E-state index is 12.6. The number of amides is 1. The topological polar surface area (TPSA) is 110 Å². The molecule has 0 aromatic heterocycles. The number of benzene rings is 1. The number of hydrogen-bond donors (Lipinski definition) is 0. The predicted molar refractivity (Wildman–Crippen MR) is 86.6 cm³/mol. The summed E-state index contributed by atoms with van der Waals surface area (Å²) >= 11 is 0. The number of rotatable bonds is 4. The molecule has 0 unspecified atom stereocenters. The van der Waals surface area contributed by atoms with Gasteiger partial charge in [0.25, 0.3) is 5.91 Å². The molecule has 0 spiro atoms. The van der Waals surface area contributed by atoms with Crippen molar-refractivity contribution in [3.05, 3.63) is 33.9 Å². The lowest BCUT2D eigenvalue weighted by Crippen LogP contribution is -2.36.